The third kappa shape index (κ3) is 3.02. The number of anilines is 1. The van der Waals surface area contributed by atoms with Crippen LogP contribution in [0.3, 0.4) is 0 Å². The Kier molecular flexibility index (Phi) is 4.65. The number of rotatable bonds is 5. The van der Waals surface area contributed by atoms with Crippen LogP contribution in [0.15, 0.2) is 18.3 Å². The summed E-state index contributed by atoms with van der Waals surface area (Å²) >= 11 is 3.02. The van der Waals surface area contributed by atoms with Gasteiger partial charge in [-0.1, -0.05) is 6.08 Å². The van der Waals surface area contributed by atoms with Gasteiger partial charge in [0.2, 0.25) is 0 Å². The Bertz CT molecular complexity index is 949. The van der Waals surface area contributed by atoms with E-state index in [1.807, 2.05) is 13.2 Å². The maximum Gasteiger partial charge on any atom is 0.181 e. The maximum absolute atomic E-state index is 4.93. The Morgan fingerprint density at radius 3 is 3.00 bits per heavy atom. The first-order valence-electron chi connectivity index (χ1n) is 7.98. The second-order valence-corrected chi connectivity index (χ2v) is 7.58. The Labute approximate surface area is 153 Å². The van der Waals surface area contributed by atoms with Crippen LogP contribution in [0, 0.1) is 6.92 Å². The molecule has 3 aromatic rings. The lowest BCUT2D eigenvalue weighted by atomic mass is 10.1. The van der Waals surface area contributed by atoms with Gasteiger partial charge in [-0.3, -0.25) is 4.40 Å². The van der Waals surface area contributed by atoms with Gasteiger partial charge in [0.1, 0.15) is 22.6 Å². The number of nitrogens with zero attached hydrogens (tertiary/aromatic N) is 4. The number of thiophene rings is 1. The van der Waals surface area contributed by atoms with Crippen molar-refractivity contribution in [2.24, 2.45) is 0 Å². The molecule has 0 atom stereocenters. The molecule has 0 spiro atoms. The predicted octanol–water partition coefficient (Wildman–Crippen LogP) is 3.52. The first-order valence-corrected chi connectivity index (χ1v) is 9.50. The molecule has 1 N–H and O–H groups in total. The second-order valence-electron chi connectivity index (χ2n) is 5.75. The summed E-state index contributed by atoms with van der Waals surface area (Å²) in [5.74, 6) is 0.807. The summed E-state index contributed by atoms with van der Waals surface area (Å²) in [5, 5.41) is 3.15. The van der Waals surface area contributed by atoms with Crippen molar-refractivity contribution in [3.8, 4) is 0 Å². The highest BCUT2D eigenvalue weighted by Crippen LogP contribution is 2.35. The van der Waals surface area contributed by atoms with E-state index in [-0.39, 0.29) is 0 Å². The van der Waals surface area contributed by atoms with E-state index in [2.05, 4.69) is 43.0 Å². The van der Waals surface area contributed by atoms with Crippen LogP contribution in [0.1, 0.15) is 17.0 Å². The van der Waals surface area contributed by atoms with Gasteiger partial charge in [0.25, 0.3) is 0 Å². The summed E-state index contributed by atoms with van der Waals surface area (Å²) in [5.41, 5.74) is 4.34. The van der Waals surface area contributed by atoms with Gasteiger partial charge in [-0.2, -0.15) is 0 Å². The molecule has 0 fully saturated rings. The molecule has 25 heavy (non-hydrogen) atoms. The molecule has 0 aromatic carbocycles. The molecule has 7 nitrogen and oxygen atoms in total. The third-order valence-electron chi connectivity index (χ3n) is 4.21. The highest BCUT2D eigenvalue weighted by Gasteiger charge is 2.19. The van der Waals surface area contributed by atoms with E-state index in [1.165, 1.54) is 29.8 Å². The molecule has 9 heteroatoms. The lowest BCUT2D eigenvalue weighted by molar-refractivity contribution is -0.163. The lowest BCUT2D eigenvalue weighted by Gasteiger charge is -2.22. The summed E-state index contributed by atoms with van der Waals surface area (Å²) in [6, 6.07) is 2.18. The van der Waals surface area contributed by atoms with E-state index in [4.69, 9.17) is 9.32 Å². The molecule has 0 unspecified atom stereocenters. The third-order valence-corrected chi connectivity index (χ3v) is 6.13. The number of nitrogens with one attached hydrogen (secondary N) is 1. The molecular weight excluding hydrogens is 358 g/mol. The van der Waals surface area contributed by atoms with Crippen molar-refractivity contribution >= 4 is 51.0 Å². The Morgan fingerprint density at radius 2 is 2.28 bits per heavy atom. The maximum atomic E-state index is 4.93. The monoisotopic (exact) mass is 377 g/mol. The number of hydrogen-bond donors (Lipinski definition) is 1. The van der Waals surface area contributed by atoms with Gasteiger partial charge in [-0.25, -0.2) is 19.2 Å². The zero-order chi connectivity index (χ0) is 17.4. The largest absolute Gasteiger partial charge is 0.370 e. The number of aryl methyl sites for hydroxylation is 1. The number of imidazole rings is 1. The molecule has 3 aromatic heterocycles. The van der Waals surface area contributed by atoms with Crippen molar-refractivity contribution in [2.45, 2.75) is 13.3 Å². The van der Waals surface area contributed by atoms with Crippen molar-refractivity contribution < 1.29 is 9.22 Å². The van der Waals surface area contributed by atoms with Gasteiger partial charge in [0.05, 0.1) is 7.11 Å². The van der Waals surface area contributed by atoms with Crippen LogP contribution in [-0.2, 0) is 9.22 Å². The van der Waals surface area contributed by atoms with Crippen LogP contribution in [0.25, 0.3) is 21.6 Å². The van der Waals surface area contributed by atoms with Crippen LogP contribution in [0.5, 0.6) is 0 Å². The van der Waals surface area contributed by atoms with Crippen molar-refractivity contribution in [3.63, 3.8) is 0 Å². The number of hydrogen-bond acceptors (Lipinski definition) is 8. The van der Waals surface area contributed by atoms with Crippen molar-refractivity contribution in [3.05, 3.63) is 28.9 Å². The van der Waals surface area contributed by atoms with E-state index >= 15 is 0 Å². The van der Waals surface area contributed by atoms with E-state index in [1.54, 1.807) is 11.3 Å². The molecule has 0 radical (unpaired) electrons. The normalized spacial score (nSPS) is 15.9. The van der Waals surface area contributed by atoms with Gasteiger partial charge in [0, 0.05) is 36.9 Å². The molecule has 0 bridgehead atoms. The van der Waals surface area contributed by atoms with Gasteiger partial charge < -0.3 is 5.32 Å². The molecule has 0 saturated heterocycles. The van der Waals surface area contributed by atoms with Crippen molar-refractivity contribution in [2.75, 3.05) is 32.6 Å². The minimum Gasteiger partial charge on any atom is -0.370 e. The van der Waals surface area contributed by atoms with E-state index in [0.29, 0.717) is 0 Å². The molecule has 4 heterocycles. The van der Waals surface area contributed by atoms with Gasteiger partial charge >= 0.3 is 0 Å². The predicted molar refractivity (Wildman–Crippen MR) is 103 cm³/mol. The molecule has 1 aliphatic heterocycles. The summed E-state index contributed by atoms with van der Waals surface area (Å²) in [6.45, 7) is 3.82. The first-order chi connectivity index (χ1) is 12.2. The fourth-order valence-corrected chi connectivity index (χ4v) is 4.66. The van der Waals surface area contributed by atoms with E-state index < -0.39 is 0 Å². The molecule has 0 amide bonds. The van der Waals surface area contributed by atoms with E-state index in [9.17, 15) is 0 Å². The Hall–Kier alpha value is -1.65. The summed E-state index contributed by atoms with van der Waals surface area (Å²) in [7, 11) is 3.39. The van der Waals surface area contributed by atoms with Gasteiger partial charge in [-0.15, -0.1) is 15.7 Å². The molecular formula is C16H19N5O2S2. The van der Waals surface area contributed by atoms with Crippen LogP contribution in [-0.4, -0.2) is 45.9 Å². The van der Waals surface area contributed by atoms with Crippen molar-refractivity contribution in [1.29, 1.82) is 0 Å². The molecule has 0 saturated carbocycles. The first kappa shape index (κ1) is 16.8. The van der Waals surface area contributed by atoms with E-state index in [0.717, 1.165) is 47.0 Å². The van der Waals surface area contributed by atoms with Crippen molar-refractivity contribution in [1.82, 2.24) is 18.7 Å². The average molecular weight is 377 g/mol. The summed E-state index contributed by atoms with van der Waals surface area (Å²) < 4.78 is 9.23. The van der Waals surface area contributed by atoms with Gasteiger partial charge in [0.15, 0.2) is 11.5 Å². The zero-order valence-electron chi connectivity index (χ0n) is 14.3. The second kappa shape index (κ2) is 6.93. The van der Waals surface area contributed by atoms with Gasteiger partial charge in [-0.05, 0) is 25.0 Å². The lowest BCUT2D eigenvalue weighted by Crippen LogP contribution is -2.21. The number of aromatic nitrogens is 3. The smallest absolute Gasteiger partial charge is 0.181 e. The summed E-state index contributed by atoms with van der Waals surface area (Å²) in [4.78, 5) is 16.3. The highest BCUT2D eigenvalue weighted by molar-refractivity contribution is 7.92. The molecule has 0 aliphatic carbocycles. The Balaban J connectivity index is 1.71. The number of fused-ring (bicyclic) bond motifs is 3. The van der Waals surface area contributed by atoms with Crippen LogP contribution >= 0.6 is 23.6 Å². The van der Waals surface area contributed by atoms with Crippen LogP contribution in [0.4, 0.5) is 5.82 Å². The SMILES string of the molecule is CNc1nc2cc(C3=CCN(SOOC)CC3)sc2n2c(C)cnc12. The molecule has 132 valence electrons. The minimum absolute atomic E-state index is 0.807. The average Bonchev–Trinajstić information content (AvgIpc) is 3.23. The fourth-order valence-electron chi connectivity index (χ4n) is 2.98. The Morgan fingerprint density at radius 1 is 1.40 bits per heavy atom. The summed E-state index contributed by atoms with van der Waals surface area (Å²) in [6.07, 6.45) is 5.11. The zero-order valence-corrected chi connectivity index (χ0v) is 15.9. The molecule has 1 aliphatic rings. The van der Waals surface area contributed by atoms with Crippen LogP contribution < -0.4 is 5.32 Å². The quantitative estimate of drug-likeness (QED) is 0.316. The highest BCUT2D eigenvalue weighted by atomic mass is 32.2. The standard InChI is InChI=1S/C16H19N5O2S2/c1-10-9-18-15-14(17-2)19-12-8-13(24-16(12)21(10)15)11-4-6-20(7-5-11)25-23-22-3/h4,8-9H,5-7H2,1-3H3,(H,17,19). The topological polar surface area (TPSA) is 63.9 Å². The fraction of sp³-hybridized carbons (Fsp3) is 0.375. The minimum atomic E-state index is 0.807. The van der Waals surface area contributed by atoms with Crippen LogP contribution in [0.2, 0.25) is 0 Å². The molecule has 4 rings (SSSR count).